The van der Waals surface area contributed by atoms with Crippen LogP contribution in [0.25, 0.3) is 11.0 Å². The monoisotopic (exact) mass is 543 g/mol. The number of anilines is 1. The van der Waals surface area contributed by atoms with Gasteiger partial charge in [0, 0.05) is 11.2 Å². The van der Waals surface area contributed by atoms with Gasteiger partial charge in [-0.15, -0.1) is 5.10 Å². The first-order chi connectivity index (χ1) is 19.1. The molecule has 0 unspecified atom stereocenters. The molecule has 210 valence electrons. The molecule has 0 saturated carbocycles. The maximum atomic E-state index is 14.4. The Kier molecular flexibility index (Phi) is 8.42. The first-order valence-corrected chi connectivity index (χ1v) is 13.3. The van der Waals surface area contributed by atoms with Crippen LogP contribution in [0.5, 0.6) is 11.5 Å². The molecule has 0 aliphatic rings. The summed E-state index contributed by atoms with van der Waals surface area (Å²) in [6.07, 6.45) is 0.708. The van der Waals surface area contributed by atoms with E-state index < -0.39 is 11.6 Å². The molecule has 0 spiro atoms. The highest BCUT2D eigenvalue weighted by Crippen LogP contribution is 2.36. The van der Waals surface area contributed by atoms with Crippen LogP contribution in [0, 0.1) is 13.8 Å². The maximum Gasteiger partial charge on any atom is 0.249 e. The van der Waals surface area contributed by atoms with E-state index >= 15 is 0 Å². The molecule has 4 rings (SSSR count). The third-order valence-corrected chi connectivity index (χ3v) is 7.38. The number of fused-ring (bicyclic) bond motifs is 1. The van der Waals surface area contributed by atoms with Crippen LogP contribution in [0.1, 0.15) is 49.9 Å². The number of nitrogens with one attached hydrogen (secondary N) is 1. The highest BCUT2D eigenvalue weighted by Gasteiger charge is 2.36. The average Bonchev–Trinajstić information content (AvgIpc) is 3.35. The number of hydrogen-bond donors (Lipinski definition) is 1. The Morgan fingerprint density at radius 2 is 1.73 bits per heavy atom. The van der Waals surface area contributed by atoms with Crippen LogP contribution >= 0.6 is 0 Å². The molecule has 2 amide bonds. The van der Waals surface area contributed by atoms with Gasteiger partial charge in [-0.25, -0.2) is 4.68 Å². The minimum Gasteiger partial charge on any atom is -0.493 e. The zero-order chi connectivity index (χ0) is 29.0. The average molecular weight is 544 g/mol. The van der Waals surface area contributed by atoms with Crippen LogP contribution in [-0.2, 0) is 16.1 Å². The second-order valence-electron chi connectivity index (χ2n) is 10.5. The summed E-state index contributed by atoms with van der Waals surface area (Å²) in [6.45, 7) is 9.76. The van der Waals surface area contributed by atoms with E-state index in [-0.39, 0.29) is 18.4 Å². The van der Waals surface area contributed by atoms with Crippen molar-refractivity contribution in [2.75, 3.05) is 19.1 Å². The van der Waals surface area contributed by atoms with Crippen molar-refractivity contribution in [1.82, 2.24) is 20.3 Å². The van der Waals surface area contributed by atoms with Crippen LogP contribution in [0.2, 0.25) is 0 Å². The Morgan fingerprint density at radius 3 is 2.42 bits per heavy atom. The van der Waals surface area contributed by atoms with Crippen LogP contribution in [0.3, 0.4) is 0 Å². The Morgan fingerprint density at radius 1 is 1.00 bits per heavy atom. The highest BCUT2D eigenvalue weighted by molar-refractivity contribution is 6.02. The molecule has 40 heavy (non-hydrogen) atoms. The standard InChI is InChI=1S/C31H37N5O4/c1-8-31(4,5)32-30(38)29(22-16-17-26(39-6)27(18-22)40-7)36(24-15-11-12-20(2)21(24)3)28(37)19-35-25-14-10-9-13-23(25)33-34-35/h9-18,29H,8,19H2,1-7H3,(H,32,38)/t29-/m1/s1. The van der Waals surface area contributed by atoms with Gasteiger partial charge in [-0.1, -0.05) is 42.5 Å². The fraction of sp³-hybridized carbons (Fsp3) is 0.355. The van der Waals surface area contributed by atoms with Crippen LogP contribution < -0.4 is 19.7 Å². The summed E-state index contributed by atoms with van der Waals surface area (Å²) in [5, 5.41) is 11.6. The number of para-hydroxylation sites is 1. The summed E-state index contributed by atoms with van der Waals surface area (Å²) < 4.78 is 12.6. The lowest BCUT2D eigenvalue weighted by molar-refractivity contribution is -0.128. The summed E-state index contributed by atoms with van der Waals surface area (Å²) in [4.78, 5) is 30.1. The Hall–Kier alpha value is -4.40. The molecule has 1 aromatic heterocycles. The van der Waals surface area contributed by atoms with Crippen molar-refractivity contribution in [3.8, 4) is 11.5 Å². The topological polar surface area (TPSA) is 98.6 Å². The summed E-state index contributed by atoms with van der Waals surface area (Å²) in [6, 6.07) is 17.5. The normalized spacial score (nSPS) is 12.2. The third-order valence-electron chi connectivity index (χ3n) is 7.38. The van der Waals surface area contributed by atoms with E-state index in [1.54, 1.807) is 42.0 Å². The zero-order valence-corrected chi connectivity index (χ0v) is 24.2. The number of ether oxygens (including phenoxy) is 2. The number of aromatic nitrogens is 3. The number of carbonyl (C=O) groups excluding carboxylic acids is 2. The number of benzene rings is 3. The van der Waals surface area contributed by atoms with Crippen molar-refractivity contribution in [3.63, 3.8) is 0 Å². The van der Waals surface area contributed by atoms with Gasteiger partial charge in [0.25, 0.3) is 0 Å². The molecule has 3 aromatic carbocycles. The predicted octanol–water partition coefficient (Wildman–Crippen LogP) is 5.14. The third kappa shape index (κ3) is 5.78. The van der Waals surface area contributed by atoms with Gasteiger partial charge in [0.15, 0.2) is 11.5 Å². The number of nitrogens with zero attached hydrogens (tertiary/aromatic N) is 4. The number of rotatable bonds is 10. The lowest BCUT2D eigenvalue weighted by Gasteiger charge is -2.35. The molecule has 9 heteroatoms. The summed E-state index contributed by atoms with van der Waals surface area (Å²) >= 11 is 0. The molecule has 0 saturated heterocycles. The van der Waals surface area contributed by atoms with Crippen molar-refractivity contribution in [1.29, 1.82) is 0 Å². The lowest BCUT2D eigenvalue weighted by atomic mass is 9.97. The molecule has 1 heterocycles. The highest BCUT2D eigenvalue weighted by atomic mass is 16.5. The van der Waals surface area contributed by atoms with Crippen molar-refractivity contribution in [2.24, 2.45) is 0 Å². The van der Waals surface area contributed by atoms with Gasteiger partial charge in [-0.05, 0) is 81.1 Å². The molecule has 1 atom stereocenters. The summed E-state index contributed by atoms with van der Waals surface area (Å²) in [5.74, 6) is 0.367. The summed E-state index contributed by atoms with van der Waals surface area (Å²) in [7, 11) is 3.10. The lowest BCUT2D eigenvalue weighted by Crippen LogP contribution is -2.51. The van der Waals surface area contributed by atoms with Gasteiger partial charge in [-0.3, -0.25) is 14.5 Å². The molecule has 1 N–H and O–H groups in total. The molecular weight excluding hydrogens is 506 g/mol. The summed E-state index contributed by atoms with van der Waals surface area (Å²) in [5.41, 5.74) is 4.04. The predicted molar refractivity (Wildman–Crippen MR) is 156 cm³/mol. The molecule has 0 radical (unpaired) electrons. The molecule has 0 aliphatic carbocycles. The largest absolute Gasteiger partial charge is 0.493 e. The Bertz CT molecular complexity index is 1530. The molecule has 4 aromatic rings. The first-order valence-electron chi connectivity index (χ1n) is 13.3. The number of carbonyl (C=O) groups is 2. The molecule has 9 nitrogen and oxygen atoms in total. The zero-order valence-electron chi connectivity index (χ0n) is 24.2. The van der Waals surface area contributed by atoms with Crippen LogP contribution in [0.15, 0.2) is 60.7 Å². The van der Waals surface area contributed by atoms with E-state index in [9.17, 15) is 9.59 Å². The van der Waals surface area contributed by atoms with Gasteiger partial charge in [0.1, 0.15) is 18.1 Å². The number of hydrogen-bond acceptors (Lipinski definition) is 6. The van der Waals surface area contributed by atoms with E-state index in [0.29, 0.717) is 34.7 Å². The van der Waals surface area contributed by atoms with Gasteiger partial charge < -0.3 is 14.8 Å². The van der Waals surface area contributed by atoms with Crippen LogP contribution in [0.4, 0.5) is 5.69 Å². The second-order valence-corrected chi connectivity index (χ2v) is 10.5. The van der Waals surface area contributed by atoms with Crippen molar-refractivity contribution in [3.05, 3.63) is 77.4 Å². The van der Waals surface area contributed by atoms with Gasteiger partial charge >= 0.3 is 0 Å². The minimum atomic E-state index is -1.01. The smallest absolute Gasteiger partial charge is 0.249 e. The number of amides is 2. The minimum absolute atomic E-state index is 0.109. The van der Waals surface area contributed by atoms with Crippen molar-refractivity contribution < 1.29 is 19.1 Å². The SMILES string of the molecule is CCC(C)(C)NC(=O)[C@@H](c1ccc(OC)c(OC)c1)N(C(=O)Cn1nnc2ccccc21)c1cccc(C)c1C. The Balaban J connectivity index is 1.91. The number of methoxy groups -OCH3 is 2. The van der Waals surface area contributed by atoms with E-state index in [4.69, 9.17) is 9.47 Å². The van der Waals surface area contributed by atoms with Crippen LogP contribution in [-0.4, -0.2) is 46.6 Å². The maximum absolute atomic E-state index is 14.4. The van der Waals surface area contributed by atoms with E-state index in [1.807, 2.05) is 77.1 Å². The van der Waals surface area contributed by atoms with Gasteiger partial charge in [0.2, 0.25) is 11.8 Å². The first kappa shape index (κ1) is 28.6. The Labute approximate surface area is 235 Å². The quantitative estimate of drug-likeness (QED) is 0.297. The van der Waals surface area contributed by atoms with Crippen molar-refractivity contribution in [2.45, 2.75) is 59.2 Å². The van der Waals surface area contributed by atoms with Crippen molar-refractivity contribution >= 4 is 28.5 Å². The molecule has 0 bridgehead atoms. The fourth-order valence-corrected chi connectivity index (χ4v) is 4.58. The fourth-order valence-electron chi connectivity index (χ4n) is 4.58. The second kappa shape index (κ2) is 11.8. The number of aryl methyl sites for hydroxylation is 1. The van der Waals surface area contributed by atoms with Gasteiger partial charge in [-0.2, -0.15) is 0 Å². The van der Waals surface area contributed by atoms with E-state index in [2.05, 4.69) is 15.6 Å². The van der Waals surface area contributed by atoms with E-state index in [1.165, 1.54) is 0 Å². The molecule has 0 fully saturated rings. The molecular formula is C31H37N5O4. The molecule has 0 aliphatic heterocycles. The van der Waals surface area contributed by atoms with Gasteiger partial charge in [0.05, 0.1) is 19.7 Å². The van der Waals surface area contributed by atoms with E-state index in [0.717, 1.165) is 16.6 Å².